The van der Waals surface area contributed by atoms with Gasteiger partial charge in [-0.15, -0.1) is 11.8 Å². The van der Waals surface area contributed by atoms with E-state index in [0.717, 1.165) is 11.8 Å². The van der Waals surface area contributed by atoms with Crippen LogP contribution in [0.5, 0.6) is 0 Å². The van der Waals surface area contributed by atoms with Crippen LogP contribution in [0, 0.1) is 0 Å². The summed E-state index contributed by atoms with van der Waals surface area (Å²) in [5.74, 6) is 0. The van der Waals surface area contributed by atoms with Crippen molar-refractivity contribution in [2.24, 2.45) is 0 Å². The largest absolute Gasteiger partial charge is 0.315 e. The van der Waals surface area contributed by atoms with Crippen LogP contribution in [-0.2, 0) is 6.42 Å². The Morgan fingerprint density at radius 3 is 3.00 bits per heavy atom. The molecule has 1 heterocycles. The fourth-order valence-electron chi connectivity index (χ4n) is 2.30. The van der Waals surface area contributed by atoms with E-state index in [0.29, 0.717) is 6.04 Å². The average molecular weight is 235 g/mol. The molecule has 0 spiro atoms. The second-order valence-electron chi connectivity index (χ2n) is 4.59. The third-order valence-corrected chi connectivity index (χ3v) is 4.58. The monoisotopic (exact) mass is 235 g/mol. The molecule has 0 amide bonds. The highest BCUT2D eigenvalue weighted by atomic mass is 32.2. The minimum atomic E-state index is 0.661. The van der Waals surface area contributed by atoms with E-state index in [-0.39, 0.29) is 0 Å². The molecule has 2 atom stereocenters. The Morgan fingerprint density at radius 1 is 1.44 bits per heavy atom. The van der Waals surface area contributed by atoms with Gasteiger partial charge in [-0.2, -0.15) is 0 Å². The van der Waals surface area contributed by atoms with Crippen LogP contribution in [0.4, 0.5) is 0 Å². The topological polar surface area (TPSA) is 12.0 Å². The number of hydrogen-bond donors (Lipinski definition) is 1. The first-order valence-electron chi connectivity index (χ1n) is 6.27. The molecule has 16 heavy (non-hydrogen) atoms. The van der Waals surface area contributed by atoms with Crippen molar-refractivity contribution in [3.05, 3.63) is 29.8 Å². The summed E-state index contributed by atoms with van der Waals surface area (Å²) in [5, 5.41) is 4.29. The molecule has 0 aromatic heterocycles. The lowest BCUT2D eigenvalue weighted by Gasteiger charge is -2.14. The van der Waals surface area contributed by atoms with E-state index < -0.39 is 0 Å². The molecule has 2 rings (SSSR count). The van der Waals surface area contributed by atoms with E-state index in [1.54, 1.807) is 5.56 Å². The predicted octanol–water partition coefficient (Wildman–Crippen LogP) is 3.48. The summed E-state index contributed by atoms with van der Waals surface area (Å²) in [5.41, 5.74) is 1.55. The Hall–Kier alpha value is -0.470. The first-order valence-corrected chi connectivity index (χ1v) is 7.15. The molecule has 1 nitrogen and oxygen atoms in total. The Labute approximate surface area is 103 Å². The van der Waals surface area contributed by atoms with Crippen LogP contribution < -0.4 is 5.32 Å². The predicted molar refractivity (Wildman–Crippen MR) is 72.2 cm³/mol. The van der Waals surface area contributed by atoms with Gasteiger partial charge in [0.15, 0.2) is 0 Å². The Balaban J connectivity index is 1.79. The number of thioether (sulfide) groups is 1. The van der Waals surface area contributed by atoms with Gasteiger partial charge >= 0.3 is 0 Å². The van der Waals surface area contributed by atoms with Crippen molar-refractivity contribution in [2.45, 2.75) is 49.3 Å². The average Bonchev–Trinajstić information content (AvgIpc) is 2.69. The van der Waals surface area contributed by atoms with E-state index in [1.807, 2.05) is 0 Å². The first kappa shape index (κ1) is 12.0. The van der Waals surface area contributed by atoms with E-state index in [9.17, 15) is 0 Å². The van der Waals surface area contributed by atoms with Crippen molar-refractivity contribution in [1.82, 2.24) is 5.32 Å². The van der Waals surface area contributed by atoms with Gasteiger partial charge in [0.25, 0.3) is 0 Å². The van der Waals surface area contributed by atoms with Gasteiger partial charge in [0.1, 0.15) is 0 Å². The van der Waals surface area contributed by atoms with Gasteiger partial charge in [-0.25, -0.2) is 0 Å². The Bertz CT molecular complexity index is 312. The highest BCUT2D eigenvalue weighted by molar-refractivity contribution is 8.00. The summed E-state index contributed by atoms with van der Waals surface area (Å²) < 4.78 is 0. The molecule has 0 saturated carbocycles. The summed E-state index contributed by atoms with van der Waals surface area (Å²) in [6.45, 7) is 5.55. The van der Waals surface area contributed by atoms with E-state index >= 15 is 0 Å². The zero-order chi connectivity index (χ0) is 11.4. The van der Waals surface area contributed by atoms with Gasteiger partial charge in [-0.1, -0.05) is 25.1 Å². The number of nitrogens with one attached hydrogen (secondary N) is 1. The summed E-state index contributed by atoms with van der Waals surface area (Å²) >= 11 is 2.07. The fourth-order valence-corrected chi connectivity index (χ4v) is 3.64. The van der Waals surface area contributed by atoms with Crippen LogP contribution in [0.15, 0.2) is 29.2 Å². The highest BCUT2D eigenvalue weighted by Crippen LogP contribution is 2.38. The number of benzene rings is 1. The van der Waals surface area contributed by atoms with Crippen molar-refractivity contribution in [3.63, 3.8) is 0 Å². The fraction of sp³-hybridized carbons (Fsp3) is 0.571. The lowest BCUT2D eigenvalue weighted by Crippen LogP contribution is -2.26. The number of hydrogen-bond acceptors (Lipinski definition) is 2. The molecular formula is C14H21NS. The molecular weight excluding hydrogens is 214 g/mol. The van der Waals surface area contributed by atoms with Crippen LogP contribution in [-0.4, -0.2) is 17.8 Å². The molecule has 2 heteroatoms. The lowest BCUT2D eigenvalue weighted by molar-refractivity contribution is 0.507. The maximum absolute atomic E-state index is 3.48. The van der Waals surface area contributed by atoms with Crippen LogP contribution in [0.2, 0.25) is 0 Å². The zero-order valence-corrected chi connectivity index (χ0v) is 11.0. The smallest absolute Gasteiger partial charge is 0.0136 e. The quantitative estimate of drug-likeness (QED) is 0.838. The SMILES string of the molecule is CCNC(C)CCC1Cc2ccccc2S1. The summed E-state index contributed by atoms with van der Waals surface area (Å²) in [7, 11) is 0. The van der Waals surface area contributed by atoms with E-state index in [2.05, 4.69) is 55.2 Å². The van der Waals surface area contributed by atoms with Gasteiger partial charge in [-0.05, 0) is 44.4 Å². The Kier molecular flexibility index (Phi) is 4.30. The third-order valence-electron chi connectivity index (χ3n) is 3.19. The molecule has 1 aromatic rings. The first-order chi connectivity index (χ1) is 7.79. The van der Waals surface area contributed by atoms with Crippen LogP contribution in [0.1, 0.15) is 32.3 Å². The van der Waals surface area contributed by atoms with E-state index in [4.69, 9.17) is 0 Å². The van der Waals surface area contributed by atoms with Crippen LogP contribution in [0.25, 0.3) is 0 Å². The highest BCUT2D eigenvalue weighted by Gasteiger charge is 2.21. The molecule has 0 saturated heterocycles. The van der Waals surface area contributed by atoms with Crippen molar-refractivity contribution in [1.29, 1.82) is 0 Å². The van der Waals surface area contributed by atoms with Crippen LogP contribution in [0.3, 0.4) is 0 Å². The van der Waals surface area contributed by atoms with Gasteiger partial charge in [0.2, 0.25) is 0 Å². The number of fused-ring (bicyclic) bond motifs is 1. The minimum absolute atomic E-state index is 0.661. The van der Waals surface area contributed by atoms with Gasteiger partial charge in [-0.3, -0.25) is 0 Å². The van der Waals surface area contributed by atoms with Crippen LogP contribution >= 0.6 is 11.8 Å². The lowest BCUT2D eigenvalue weighted by atomic mass is 10.0. The molecule has 88 valence electrons. The van der Waals surface area contributed by atoms with Crippen molar-refractivity contribution in [3.8, 4) is 0 Å². The van der Waals surface area contributed by atoms with Crippen molar-refractivity contribution < 1.29 is 0 Å². The van der Waals surface area contributed by atoms with Crippen molar-refractivity contribution >= 4 is 11.8 Å². The second-order valence-corrected chi connectivity index (χ2v) is 5.93. The molecule has 1 aliphatic rings. The minimum Gasteiger partial charge on any atom is -0.315 e. The molecule has 1 N–H and O–H groups in total. The number of rotatable bonds is 5. The summed E-state index contributed by atoms with van der Waals surface area (Å²) in [6, 6.07) is 9.50. The van der Waals surface area contributed by atoms with Crippen molar-refractivity contribution in [2.75, 3.05) is 6.54 Å². The molecule has 0 radical (unpaired) electrons. The zero-order valence-electron chi connectivity index (χ0n) is 10.2. The maximum Gasteiger partial charge on any atom is 0.0136 e. The standard InChI is InChI=1S/C14H21NS/c1-3-15-11(2)8-9-13-10-12-6-4-5-7-14(12)16-13/h4-7,11,13,15H,3,8-10H2,1-2H3. The van der Waals surface area contributed by atoms with E-state index in [1.165, 1.54) is 24.2 Å². The van der Waals surface area contributed by atoms with Gasteiger partial charge in [0.05, 0.1) is 0 Å². The Morgan fingerprint density at radius 2 is 2.25 bits per heavy atom. The molecule has 0 fully saturated rings. The normalized spacial score (nSPS) is 20.8. The molecule has 1 aliphatic heterocycles. The third kappa shape index (κ3) is 3.02. The van der Waals surface area contributed by atoms with Gasteiger partial charge < -0.3 is 5.32 Å². The summed E-state index contributed by atoms with van der Waals surface area (Å²) in [6.07, 6.45) is 3.88. The van der Waals surface area contributed by atoms with Gasteiger partial charge in [0, 0.05) is 16.2 Å². The molecule has 0 aliphatic carbocycles. The summed E-state index contributed by atoms with van der Waals surface area (Å²) in [4.78, 5) is 1.50. The maximum atomic E-state index is 3.48. The molecule has 2 unspecified atom stereocenters. The second kappa shape index (κ2) is 5.74. The molecule has 1 aromatic carbocycles. The molecule has 0 bridgehead atoms.